The van der Waals surface area contributed by atoms with Crippen LogP contribution in [0.15, 0.2) is 30.3 Å². The Labute approximate surface area is 131 Å². The fourth-order valence-electron chi connectivity index (χ4n) is 2.20. The van der Waals surface area contributed by atoms with Gasteiger partial charge in [0.15, 0.2) is 11.5 Å². The highest BCUT2D eigenvalue weighted by molar-refractivity contribution is 6.02. The summed E-state index contributed by atoms with van der Waals surface area (Å²) in [4.78, 5) is 14.0. The van der Waals surface area contributed by atoms with Crippen molar-refractivity contribution in [1.82, 2.24) is 10.2 Å². The van der Waals surface area contributed by atoms with Crippen molar-refractivity contribution < 1.29 is 18.3 Å². The van der Waals surface area contributed by atoms with Crippen LogP contribution in [0.5, 0.6) is 0 Å². The lowest BCUT2D eigenvalue weighted by Gasteiger charge is -2.27. The number of hydrogen-bond donors (Lipinski definition) is 1. The van der Waals surface area contributed by atoms with Crippen LogP contribution in [-0.2, 0) is 4.74 Å². The maximum Gasteiger partial charge on any atom is 0.276 e. The molecule has 0 radical (unpaired) electrons. The van der Waals surface area contributed by atoms with E-state index in [9.17, 15) is 13.6 Å². The number of morpholine rings is 1. The summed E-state index contributed by atoms with van der Waals surface area (Å²) in [6.07, 6.45) is 0. The van der Waals surface area contributed by atoms with Crippen molar-refractivity contribution in [3.63, 3.8) is 0 Å². The maximum atomic E-state index is 13.5. The Hall–Kier alpha value is -2.61. The Morgan fingerprint density at radius 2 is 1.78 bits per heavy atom. The summed E-state index contributed by atoms with van der Waals surface area (Å²) in [6.45, 7) is 2.61. The van der Waals surface area contributed by atoms with Gasteiger partial charge in [-0.05, 0) is 24.3 Å². The van der Waals surface area contributed by atoms with Crippen LogP contribution >= 0.6 is 0 Å². The van der Waals surface area contributed by atoms with Crippen molar-refractivity contribution in [1.29, 1.82) is 0 Å². The minimum atomic E-state index is -0.851. The molecule has 1 fully saturated rings. The van der Waals surface area contributed by atoms with Gasteiger partial charge in [-0.3, -0.25) is 4.79 Å². The largest absolute Gasteiger partial charge is 0.378 e. The van der Waals surface area contributed by atoms with E-state index in [0.29, 0.717) is 32.1 Å². The first-order valence-electron chi connectivity index (χ1n) is 7.07. The zero-order valence-corrected chi connectivity index (χ0v) is 12.1. The summed E-state index contributed by atoms with van der Waals surface area (Å²) >= 11 is 0. The molecule has 2 aromatic rings. The second-order valence-corrected chi connectivity index (χ2v) is 4.93. The van der Waals surface area contributed by atoms with Crippen LogP contribution in [0.1, 0.15) is 10.5 Å². The van der Waals surface area contributed by atoms with Gasteiger partial charge >= 0.3 is 0 Å². The first-order valence-corrected chi connectivity index (χ1v) is 7.07. The van der Waals surface area contributed by atoms with Crippen LogP contribution in [0.2, 0.25) is 0 Å². The number of rotatable bonds is 3. The molecule has 0 aliphatic carbocycles. The van der Waals surface area contributed by atoms with Crippen molar-refractivity contribution in [3.05, 3.63) is 47.7 Å². The Balaban J connectivity index is 1.72. The molecule has 0 atom stereocenters. The van der Waals surface area contributed by atoms with Gasteiger partial charge in [-0.2, -0.15) is 0 Å². The average Bonchev–Trinajstić information content (AvgIpc) is 2.59. The Kier molecular flexibility index (Phi) is 4.42. The van der Waals surface area contributed by atoms with Gasteiger partial charge in [-0.25, -0.2) is 8.78 Å². The number of ether oxygens (including phenoxy) is 1. The number of benzene rings is 1. The van der Waals surface area contributed by atoms with Gasteiger partial charge in [0.05, 0.1) is 13.2 Å². The molecule has 1 aliphatic heterocycles. The Morgan fingerprint density at radius 1 is 1.09 bits per heavy atom. The number of halogens is 2. The number of nitrogens with zero attached hydrogens (tertiary/aromatic N) is 3. The third kappa shape index (κ3) is 3.42. The minimum absolute atomic E-state index is 0.0235. The topological polar surface area (TPSA) is 67.4 Å². The van der Waals surface area contributed by atoms with Crippen molar-refractivity contribution >= 4 is 17.4 Å². The molecule has 1 amide bonds. The zero-order chi connectivity index (χ0) is 16.2. The molecule has 23 heavy (non-hydrogen) atoms. The molecular formula is C15H14F2N4O2. The van der Waals surface area contributed by atoms with Gasteiger partial charge in [0, 0.05) is 13.1 Å². The van der Waals surface area contributed by atoms with Gasteiger partial charge in [0.25, 0.3) is 5.91 Å². The van der Waals surface area contributed by atoms with Gasteiger partial charge in [-0.1, -0.05) is 6.07 Å². The molecule has 120 valence electrons. The Bertz CT molecular complexity index is 683. The summed E-state index contributed by atoms with van der Waals surface area (Å²) in [5.74, 6) is -1.80. The summed E-state index contributed by atoms with van der Waals surface area (Å²) in [6, 6.07) is 6.45. The quantitative estimate of drug-likeness (QED) is 0.935. The molecule has 1 saturated heterocycles. The molecule has 0 unspecified atom stereocenters. The number of para-hydroxylation sites is 1. The van der Waals surface area contributed by atoms with Crippen molar-refractivity contribution in [2.24, 2.45) is 0 Å². The molecule has 2 heterocycles. The van der Waals surface area contributed by atoms with Gasteiger partial charge < -0.3 is 15.0 Å². The van der Waals surface area contributed by atoms with E-state index in [1.807, 2.05) is 4.90 Å². The van der Waals surface area contributed by atoms with E-state index < -0.39 is 23.2 Å². The third-order valence-corrected chi connectivity index (χ3v) is 3.42. The van der Waals surface area contributed by atoms with E-state index in [1.165, 1.54) is 12.1 Å². The van der Waals surface area contributed by atoms with Gasteiger partial charge in [-0.15, -0.1) is 10.2 Å². The van der Waals surface area contributed by atoms with E-state index >= 15 is 0 Å². The first kappa shape index (κ1) is 15.3. The van der Waals surface area contributed by atoms with Crippen molar-refractivity contribution in [3.8, 4) is 0 Å². The fraction of sp³-hybridized carbons (Fsp3) is 0.267. The van der Waals surface area contributed by atoms with E-state index in [2.05, 4.69) is 15.5 Å². The lowest BCUT2D eigenvalue weighted by molar-refractivity contribution is 0.102. The van der Waals surface area contributed by atoms with Crippen LogP contribution in [0.25, 0.3) is 0 Å². The highest BCUT2D eigenvalue weighted by Gasteiger charge is 2.17. The second kappa shape index (κ2) is 6.66. The average molecular weight is 320 g/mol. The van der Waals surface area contributed by atoms with Crippen LogP contribution in [-0.4, -0.2) is 42.4 Å². The molecule has 8 heteroatoms. The molecule has 1 aromatic carbocycles. The number of amides is 1. The molecule has 6 nitrogen and oxygen atoms in total. The predicted octanol–water partition coefficient (Wildman–Crippen LogP) is 1.84. The Morgan fingerprint density at radius 3 is 2.39 bits per heavy atom. The van der Waals surface area contributed by atoms with Crippen LogP contribution in [0.4, 0.5) is 20.3 Å². The SMILES string of the molecule is O=C(Nc1c(F)cccc1F)c1ccc(N2CCOCC2)nn1. The third-order valence-electron chi connectivity index (χ3n) is 3.42. The van der Waals surface area contributed by atoms with Crippen LogP contribution in [0.3, 0.4) is 0 Å². The number of carbonyl (C=O) groups is 1. The predicted molar refractivity (Wildman–Crippen MR) is 79.4 cm³/mol. The molecule has 3 rings (SSSR count). The van der Waals surface area contributed by atoms with E-state index in [-0.39, 0.29) is 5.69 Å². The maximum absolute atomic E-state index is 13.5. The summed E-state index contributed by atoms with van der Waals surface area (Å²) in [7, 11) is 0. The van der Waals surface area contributed by atoms with Gasteiger partial charge in [0.2, 0.25) is 0 Å². The normalized spacial score (nSPS) is 14.6. The smallest absolute Gasteiger partial charge is 0.276 e. The lowest BCUT2D eigenvalue weighted by Crippen LogP contribution is -2.37. The number of aromatic nitrogens is 2. The summed E-state index contributed by atoms with van der Waals surface area (Å²) in [5, 5.41) is 9.97. The van der Waals surface area contributed by atoms with E-state index in [1.54, 1.807) is 6.07 Å². The molecular weight excluding hydrogens is 306 g/mol. The van der Waals surface area contributed by atoms with E-state index in [0.717, 1.165) is 12.1 Å². The molecule has 1 N–H and O–H groups in total. The molecule has 0 spiro atoms. The van der Waals surface area contributed by atoms with E-state index in [4.69, 9.17) is 4.74 Å². The summed E-state index contributed by atoms with van der Waals surface area (Å²) in [5.41, 5.74) is -0.527. The van der Waals surface area contributed by atoms with Gasteiger partial charge in [0.1, 0.15) is 17.3 Å². The second-order valence-electron chi connectivity index (χ2n) is 4.93. The minimum Gasteiger partial charge on any atom is -0.378 e. The number of anilines is 2. The molecule has 0 saturated carbocycles. The number of hydrogen-bond acceptors (Lipinski definition) is 5. The van der Waals surface area contributed by atoms with Crippen molar-refractivity contribution in [2.75, 3.05) is 36.5 Å². The van der Waals surface area contributed by atoms with Crippen molar-refractivity contribution in [2.45, 2.75) is 0 Å². The van der Waals surface area contributed by atoms with Crippen LogP contribution in [0, 0.1) is 11.6 Å². The summed E-state index contributed by atoms with van der Waals surface area (Å²) < 4.78 is 32.3. The highest BCUT2D eigenvalue weighted by atomic mass is 19.1. The highest BCUT2D eigenvalue weighted by Crippen LogP contribution is 2.19. The monoisotopic (exact) mass is 320 g/mol. The zero-order valence-electron chi connectivity index (χ0n) is 12.1. The molecule has 0 bridgehead atoms. The number of nitrogens with one attached hydrogen (secondary N) is 1. The molecule has 1 aliphatic rings. The fourth-order valence-corrected chi connectivity index (χ4v) is 2.20. The molecule has 1 aromatic heterocycles. The first-order chi connectivity index (χ1) is 11.1. The standard InChI is InChI=1S/C15H14F2N4O2/c16-10-2-1-3-11(17)14(10)18-15(22)12-4-5-13(20-19-12)21-6-8-23-9-7-21/h1-5H,6-9H2,(H,18,22). The number of carbonyl (C=O) groups excluding carboxylic acids is 1. The van der Waals surface area contributed by atoms with Crippen LogP contribution < -0.4 is 10.2 Å². The lowest BCUT2D eigenvalue weighted by atomic mass is 10.2.